The number of rotatable bonds is 6. The summed E-state index contributed by atoms with van der Waals surface area (Å²) in [5, 5.41) is 3.47. The maximum atomic E-state index is 12.8. The standard InChI is InChI=1S/C15H28F3N/c1-4-11(3)9-13(5-2)19-14-8-6-7-12(10-14)15(16,17)18/h11-14,19H,4-10H2,1-3H3. The van der Waals surface area contributed by atoms with Crippen LogP contribution in [0.2, 0.25) is 0 Å². The highest BCUT2D eigenvalue weighted by molar-refractivity contribution is 4.84. The van der Waals surface area contributed by atoms with Gasteiger partial charge in [0.1, 0.15) is 0 Å². The third-order valence-electron chi connectivity index (χ3n) is 4.49. The second-order valence-electron chi connectivity index (χ2n) is 6.12. The molecule has 1 rings (SSSR count). The van der Waals surface area contributed by atoms with E-state index < -0.39 is 12.1 Å². The summed E-state index contributed by atoms with van der Waals surface area (Å²) in [6, 6.07) is 0.418. The third kappa shape index (κ3) is 5.72. The summed E-state index contributed by atoms with van der Waals surface area (Å²) in [6.45, 7) is 6.49. The van der Waals surface area contributed by atoms with Crippen LogP contribution in [-0.2, 0) is 0 Å². The Bertz CT molecular complexity index is 252. The van der Waals surface area contributed by atoms with Crippen molar-refractivity contribution in [1.82, 2.24) is 5.32 Å². The molecule has 1 fully saturated rings. The highest BCUT2D eigenvalue weighted by Gasteiger charge is 2.42. The van der Waals surface area contributed by atoms with Crippen LogP contribution in [0.1, 0.15) is 65.7 Å². The molecular formula is C15H28F3N. The molecule has 4 heteroatoms. The number of halogens is 3. The monoisotopic (exact) mass is 279 g/mol. The summed E-state index contributed by atoms with van der Waals surface area (Å²) in [5.41, 5.74) is 0. The van der Waals surface area contributed by atoms with E-state index in [1.807, 2.05) is 0 Å². The molecule has 0 spiro atoms. The first-order chi connectivity index (χ1) is 8.86. The molecule has 0 aromatic carbocycles. The molecule has 1 aliphatic rings. The van der Waals surface area contributed by atoms with Crippen LogP contribution < -0.4 is 5.32 Å². The molecular weight excluding hydrogens is 251 g/mol. The smallest absolute Gasteiger partial charge is 0.311 e. The Morgan fingerprint density at radius 1 is 1.16 bits per heavy atom. The molecule has 0 aromatic rings. The molecule has 0 aliphatic heterocycles. The van der Waals surface area contributed by atoms with Gasteiger partial charge >= 0.3 is 6.18 Å². The third-order valence-corrected chi connectivity index (χ3v) is 4.49. The van der Waals surface area contributed by atoms with Gasteiger partial charge in [-0.25, -0.2) is 0 Å². The average Bonchev–Trinajstić information content (AvgIpc) is 2.37. The molecule has 1 aliphatic carbocycles. The van der Waals surface area contributed by atoms with Crippen LogP contribution in [0.25, 0.3) is 0 Å². The zero-order valence-corrected chi connectivity index (χ0v) is 12.4. The Morgan fingerprint density at radius 3 is 2.37 bits per heavy atom. The van der Waals surface area contributed by atoms with Crippen LogP contribution >= 0.6 is 0 Å². The van der Waals surface area contributed by atoms with E-state index in [4.69, 9.17) is 0 Å². The SMILES string of the molecule is CCC(C)CC(CC)NC1CCCC(C(F)(F)F)C1. The van der Waals surface area contributed by atoms with Crippen molar-refractivity contribution in [3.8, 4) is 0 Å². The van der Waals surface area contributed by atoms with E-state index >= 15 is 0 Å². The lowest BCUT2D eigenvalue weighted by molar-refractivity contribution is -0.183. The molecule has 0 bridgehead atoms. The van der Waals surface area contributed by atoms with E-state index in [2.05, 4.69) is 26.1 Å². The Hall–Kier alpha value is -0.250. The lowest BCUT2D eigenvalue weighted by Gasteiger charge is -2.34. The Morgan fingerprint density at radius 2 is 1.84 bits per heavy atom. The largest absolute Gasteiger partial charge is 0.391 e. The molecule has 1 nitrogen and oxygen atoms in total. The molecule has 0 heterocycles. The lowest BCUT2D eigenvalue weighted by atomic mass is 9.84. The highest BCUT2D eigenvalue weighted by Crippen LogP contribution is 2.37. The summed E-state index contributed by atoms with van der Waals surface area (Å²) in [7, 11) is 0. The fourth-order valence-electron chi connectivity index (χ4n) is 2.98. The Kier molecular flexibility index (Phi) is 6.64. The van der Waals surface area contributed by atoms with E-state index in [9.17, 15) is 13.2 Å². The average molecular weight is 279 g/mol. The first kappa shape index (κ1) is 16.8. The van der Waals surface area contributed by atoms with Crippen molar-refractivity contribution in [2.45, 2.75) is 84.0 Å². The number of nitrogens with one attached hydrogen (secondary N) is 1. The molecule has 0 amide bonds. The summed E-state index contributed by atoms with van der Waals surface area (Å²) < 4.78 is 38.3. The Balaban J connectivity index is 2.46. The minimum atomic E-state index is -4.02. The van der Waals surface area contributed by atoms with Crippen molar-refractivity contribution < 1.29 is 13.2 Å². The van der Waals surface area contributed by atoms with Crippen LogP contribution in [0.3, 0.4) is 0 Å². The quantitative estimate of drug-likeness (QED) is 0.728. The Labute approximate surface area is 115 Å². The van der Waals surface area contributed by atoms with Crippen LogP contribution in [0.15, 0.2) is 0 Å². The molecule has 1 saturated carbocycles. The van der Waals surface area contributed by atoms with E-state index in [1.54, 1.807) is 0 Å². The van der Waals surface area contributed by atoms with Crippen LogP contribution in [0.5, 0.6) is 0 Å². The second-order valence-corrected chi connectivity index (χ2v) is 6.12. The van der Waals surface area contributed by atoms with Gasteiger partial charge in [0.2, 0.25) is 0 Å². The fraction of sp³-hybridized carbons (Fsp3) is 1.00. The van der Waals surface area contributed by atoms with Crippen molar-refractivity contribution >= 4 is 0 Å². The maximum absolute atomic E-state index is 12.8. The fourth-order valence-corrected chi connectivity index (χ4v) is 2.98. The van der Waals surface area contributed by atoms with E-state index in [1.165, 1.54) is 0 Å². The molecule has 0 saturated heterocycles. The normalized spacial score (nSPS) is 28.1. The van der Waals surface area contributed by atoms with Crippen LogP contribution in [0, 0.1) is 11.8 Å². The summed E-state index contributed by atoms with van der Waals surface area (Å²) in [4.78, 5) is 0. The summed E-state index contributed by atoms with van der Waals surface area (Å²) in [5.74, 6) is -0.459. The van der Waals surface area contributed by atoms with Gasteiger partial charge in [-0.2, -0.15) is 13.2 Å². The van der Waals surface area contributed by atoms with Crippen molar-refractivity contribution in [3.05, 3.63) is 0 Å². The number of alkyl halides is 3. The first-order valence-electron chi connectivity index (χ1n) is 7.69. The summed E-state index contributed by atoms with van der Waals surface area (Å²) >= 11 is 0. The first-order valence-corrected chi connectivity index (χ1v) is 7.69. The van der Waals surface area contributed by atoms with Crippen molar-refractivity contribution in [1.29, 1.82) is 0 Å². The van der Waals surface area contributed by atoms with Gasteiger partial charge in [0.25, 0.3) is 0 Å². The topological polar surface area (TPSA) is 12.0 Å². The molecule has 4 unspecified atom stereocenters. The predicted molar refractivity (Wildman–Crippen MR) is 73.1 cm³/mol. The van der Waals surface area contributed by atoms with Crippen molar-refractivity contribution in [3.63, 3.8) is 0 Å². The lowest BCUT2D eigenvalue weighted by Crippen LogP contribution is -2.43. The number of hydrogen-bond acceptors (Lipinski definition) is 1. The minimum Gasteiger partial charge on any atom is -0.311 e. The molecule has 0 aromatic heterocycles. The molecule has 19 heavy (non-hydrogen) atoms. The van der Waals surface area contributed by atoms with Crippen molar-refractivity contribution in [2.75, 3.05) is 0 Å². The van der Waals surface area contributed by atoms with Crippen LogP contribution in [-0.4, -0.2) is 18.3 Å². The van der Waals surface area contributed by atoms with E-state index in [0.717, 1.165) is 25.7 Å². The van der Waals surface area contributed by atoms with Gasteiger partial charge in [0, 0.05) is 12.1 Å². The summed E-state index contributed by atoms with van der Waals surface area (Å²) in [6.07, 6.45) is 1.35. The van der Waals surface area contributed by atoms with Gasteiger partial charge in [0.05, 0.1) is 5.92 Å². The van der Waals surface area contributed by atoms with E-state index in [-0.39, 0.29) is 12.5 Å². The number of hydrogen-bond donors (Lipinski definition) is 1. The zero-order chi connectivity index (χ0) is 14.5. The zero-order valence-electron chi connectivity index (χ0n) is 12.4. The second kappa shape index (κ2) is 7.51. The van der Waals surface area contributed by atoms with E-state index in [0.29, 0.717) is 24.8 Å². The highest BCUT2D eigenvalue weighted by atomic mass is 19.4. The van der Waals surface area contributed by atoms with Gasteiger partial charge in [-0.1, -0.05) is 33.6 Å². The van der Waals surface area contributed by atoms with Gasteiger partial charge in [0.15, 0.2) is 0 Å². The van der Waals surface area contributed by atoms with Crippen LogP contribution in [0.4, 0.5) is 13.2 Å². The van der Waals surface area contributed by atoms with Gasteiger partial charge < -0.3 is 5.32 Å². The molecule has 0 radical (unpaired) electrons. The van der Waals surface area contributed by atoms with Gasteiger partial charge in [-0.3, -0.25) is 0 Å². The minimum absolute atomic E-state index is 0.0504. The van der Waals surface area contributed by atoms with Gasteiger partial charge in [-0.15, -0.1) is 0 Å². The maximum Gasteiger partial charge on any atom is 0.391 e. The van der Waals surface area contributed by atoms with Crippen molar-refractivity contribution in [2.24, 2.45) is 11.8 Å². The van der Waals surface area contributed by atoms with Gasteiger partial charge in [-0.05, 0) is 38.0 Å². The molecule has 1 N–H and O–H groups in total. The molecule has 114 valence electrons. The molecule has 4 atom stereocenters. The predicted octanol–water partition coefficient (Wildman–Crippen LogP) is 4.91.